The average molecular weight is 381 g/mol. The molecule has 1 aromatic heterocycles. The van der Waals surface area contributed by atoms with E-state index in [-0.39, 0.29) is 0 Å². The molecule has 3 rings (SSSR count). The van der Waals surface area contributed by atoms with Gasteiger partial charge in [0.1, 0.15) is 11.1 Å². The molecule has 3 aromatic rings. The highest BCUT2D eigenvalue weighted by atomic mass is 79.9. The maximum Gasteiger partial charge on any atom is 0.134 e. The molecule has 2 nitrogen and oxygen atoms in total. The molecule has 1 heterocycles. The highest BCUT2D eigenvalue weighted by molar-refractivity contribution is 9.10. The lowest BCUT2D eigenvalue weighted by atomic mass is 10.1. The second-order valence-corrected chi connectivity index (χ2v) is 6.85. The van der Waals surface area contributed by atoms with E-state index in [0.29, 0.717) is 5.57 Å². The number of nitrogens with zero attached hydrogens (tertiary/aromatic N) is 2. The lowest BCUT2D eigenvalue weighted by Gasteiger charge is -2.00. The molecule has 0 atom stereocenters. The molecule has 0 radical (unpaired) electrons. The minimum Gasteiger partial charge on any atom is -0.235 e. The monoisotopic (exact) mass is 380 g/mol. The Morgan fingerprint density at radius 1 is 1.22 bits per heavy atom. The van der Waals surface area contributed by atoms with Gasteiger partial charge in [-0.15, -0.1) is 11.3 Å². The smallest absolute Gasteiger partial charge is 0.134 e. The third-order valence-corrected chi connectivity index (χ3v) is 4.83. The predicted octanol–water partition coefficient (Wildman–Crippen LogP) is 5.95. The summed E-state index contributed by atoms with van der Waals surface area (Å²) in [6.07, 6.45) is 1.90. The molecule has 0 aliphatic rings. The summed E-state index contributed by atoms with van der Waals surface area (Å²) < 4.78 is 1.01. The number of nitriles is 1. The fourth-order valence-corrected chi connectivity index (χ4v) is 3.42. The minimum atomic E-state index is 0.588. The summed E-state index contributed by atoms with van der Waals surface area (Å²) in [7, 11) is 0. The lowest BCUT2D eigenvalue weighted by Crippen LogP contribution is -1.85. The van der Waals surface area contributed by atoms with Gasteiger partial charge in [-0.2, -0.15) is 5.26 Å². The largest absolute Gasteiger partial charge is 0.235 e. The first kappa shape index (κ1) is 15.7. The van der Waals surface area contributed by atoms with Crippen LogP contribution in [0.2, 0.25) is 0 Å². The number of aromatic nitrogens is 1. The second kappa shape index (κ2) is 6.91. The van der Waals surface area contributed by atoms with E-state index in [4.69, 9.17) is 0 Å². The zero-order valence-electron chi connectivity index (χ0n) is 12.5. The van der Waals surface area contributed by atoms with Crippen molar-refractivity contribution >= 4 is 38.9 Å². The van der Waals surface area contributed by atoms with Crippen molar-refractivity contribution in [2.24, 2.45) is 0 Å². The number of hydrogen-bond donors (Lipinski definition) is 0. The summed E-state index contributed by atoms with van der Waals surface area (Å²) in [4.78, 5) is 4.63. The number of aryl methyl sites for hydroxylation is 1. The fourth-order valence-electron chi connectivity index (χ4n) is 2.22. The highest BCUT2D eigenvalue weighted by Crippen LogP contribution is 2.28. The molecule has 4 heteroatoms. The minimum absolute atomic E-state index is 0.588. The summed E-state index contributed by atoms with van der Waals surface area (Å²) in [5.41, 5.74) is 4.70. The van der Waals surface area contributed by atoms with Crippen LogP contribution in [0.15, 0.2) is 58.4 Å². The van der Waals surface area contributed by atoms with Gasteiger partial charge in [-0.1, -0.05) is 52.3 Å². The Kier molecular flexibility index (Phi) is 4.71. The van der Waals surface area contributed by atoms with Crippen LogP contribution in [0.4, 0.5) is 0 Å². The number of halogens is 1. The Morgan fingerprint density at radius 2 is 2.04 bits per heavy atom. The fraction of sp³-hybridized carbons (Fsp3) is 0.0526. The molecular weight excluding hydrogens is 368 g/mol. The Morgan fingerprint density at radius 3 is 2.78 bits per heavy atom. The zero-order valence-corrected chi connectivity index (χ0v) is 14.9. The van der Waals surface area contributed by atoms with Gasteiger partial charge >= 0.3 is 0 Å². The molecule has 0 fully saturated rings. The maximum absolute atomic E-state index is 9.50. The Hall–Kier alpha value is -2.22. The summed E-state index contributed by atoms with van der Waals surface area (Å²) in [6, 6.07) is 18.3. The van der Waals surface area contributed by atoms with Crippen LogP contribution < -0.4 is 0 Å². The Labute approximate surface area is 147 Å². The van der Waals surface area contributed by atoms with Crippen molar-refractivity contribution < 1.29 is 0 Å². The molecule has 23 heavy (non-hydrogen) atoms. The quantitative estimate of drug-likeness (QED) is 0.526. The summed E-state index contributed by atoms with van der Waals surface area (Å²) in [5.74, 6) is 0. The predicted molar refractivity (Wildman–Crippen MR) is 99.9 cm³/mol. The van der Waals surface area contributed by atoms with Crippen LogP contribution in [0.25, 0.3) is 22.9 Å². The van der Waals surface area contributed by atoms with Crippen LogP contribution in [-0.4, -0.2) is 4.98 Å². The Bertz CT molecular complexity index is 919. The third-order valence-electron chi connectivity index (χ3n) is 3.46. The van der Waals surface area contributed by atoms with E-state index in [0.717, 1.165) is 31.9 Å². The molecule has 0 saturated carbocycles. The number of allylic oxidation sites excluding steroid dienone is 1. The van der Waals surface area contributed by atoms with Gasteiger partial charge < -0.3 is 0 Å². The van der Waals surface area contributed by atoms with Gasteiger partial charge in [0.2, 0.25) is 0 Å². The van der Waals surface area contributed by atoms with Gasteiger partial charge in [0.05, 0.1) is 11.3 Å². The van der Waals surface area contributed by atoms with E-state index in [9.17, 15) is 5.26 Å². The van der Waals surface area contributed by atoms with Gasteiger partial charge in [0.25, 0.3) is 0 Å². The van der Waals surface area contributed by atoms with Crippen LogP contribution in [0.3, 0.4) is 0 Å². The number of hydrogen-bond acceptors (Lipinski definition) is 3. The second-order valence-electron chi connectivity index (χ2n) is 5.07. The van der Waals surface area contributed by atoms with Crippen molar-refractivity contribution in [3.63, 3.8) is 0 Å². The lowest BCUT2D eigenvalue weighted by molar-refractivity contribution is 1.36. The molecule has 0 amide bonds. The molecule has 0 bridgehead atoms. The van der Waals surface area contributed by atoms with Gasteiger partial charge in [-0.25, -0.2) is 4.98 Å². The van der Waals surface area contributed by atoms with E-state index in [1.807, 2.05) is 66.9 Å². The van der Waals surface area contributed by atoms with E-state index in [1.165, 1.54) is 11.3 Å². The van der Waals surface area contributed by atoms with Gasteiger partial charge in [-0.3, -0.25) is 0 Å². The van der Waals surface area contributed by atoms with Crippen LogP contribution in [0.1, 0.15) is 16.1 Å². The van der Waals surface area contributed by atoms with E-state index < -0.39 is 0 Å². The summed E-state index contributed by atoms with van der Waals surface area (Å²) >= 11 is 4.96. The summed E-state index contributed by atoms with van der Waals surface area (Å²) in [6.45, 7) is 2.04. The molecule has 0 spiro atoms. The molecule has 0 aliphatic heterocycles. The van der Waals surface area contributed by atoms with Gasteiger partial charge in [0.15, 0.2) is 0 Å². The van der Waals surface area contributed by atoms with Crippen LogP contribution >= 0.6 is 27.3 Å². The van der Waals surface area contributed by atoms with Crippen LogP contribution in [0, 0.1) is 18.3 Å². The SMILES string of the molecule is Cc1ccccc1/C=C(\C#N)c1nc(-c2cccc(Br)c2)cs1. The van der Waals surface area contributed by atoms with Crippen molar-refractivity contribution in [2.75, 3.05) is 0 Å². The third kappa shape index (κ3) is 3.58. The molecule has 0 saturated heterocycles. The van der Waals surface area contributed by atoms with E-state index in [2.05, 4.69) is 27.0 Å². The normalized spacial score (nSPS) is 11.3. The number of thiazole rings is 1. The topological polar surface area (TPSA) is 36.7 Å². The van der Waals surface area contributed by atoms with Crippen molar-refractivity contribution in [2.45, 2.75) is 6.92 Å². The highest BCUT2D eigenvalue weighted by Gasteiger charge is 2.09. The molecule has 112 valence electrons. The molecule has 0 aliphatic carbocycles. The maximum atomic E-state index is 9.50. The van der Waals surface area contributed by atoms with Gasteiger partial charge in [-0.05, 0) is 36.3 Å². The summed E-state index contributed by atoms with van der Waals surface area (Å²) in [5, 5.41) is 12.2. The van der Waals surface area contributed by atoms with Crippen LogP contribution in [-0.2, 0) is 0 Å². The zero-order chi connectivity index (χ0) is 16.2. The molecular formula is C19H13BrN2S. The van der Waals surface area contributed by atoms with E-state index in [1.54, 1.807) is 0 Å². The molecule has 2 aromatic carbocycles. The average Bonchev–Trinajstić information content (AvgIpc) is 3.04. The van der Waals surface area contributed by atoms with Crippen molar-refractivity contribution in [1.29, 1.82) is 5.26 Å². The Balaban J connectivity index is 1.98. The number of rotatable bonds is 3. The van der Waals surface area contributed by atoms with Crippen molar-refractivity contribution in [3.05, 3.63) is 74.5 Å². The van der Waals surface area contributed by atoms with Crippen molar-refractivity contribution in [3.8, 4) is 17.3 Å². The number of benzene rings is 2. The van der Waals surface area contributed by atoms with Crippen molar-refractivity contribution in [1.82, 2.24) is 4.98 Å². The first-order chi connectivity index (χ1) is 11.2. The van der Waals surface area contributed by atoms with Gasteiger partial charge in [0, 0.05) is 15.4 Å². The van der Waals surface area contributed by atoms with E-state index >= 15 is 0 Å². The molecule has 0 unspecified atom stereocenters. The van der Waals surface area contributed by atoms with Crippen LogP contribution in [0.5, 0.6) is 0 Å². The first-order valence-electron chi connectivity index (χ1n) is 7.06. The molecule has 0 N–H and O–H groups in total. The standard InChI is InChI=1S/C19H13BrN2S/c1-13-5-2-3-6-14(13)9-16(11-21)19-22-18(12-23-19)15-7-4-8-17(20)10-15/h2-10,12H,1H3/b16-9+. The first-order valence-corrected chi connectivity index (χ1v) is 8.74.